The summed E-state index contributed by atoms with van der Waals surface area (Å²) in [6.07, 6.45) is 5.74. The summed E-state index contributed by atoms with van der Waals surface area (Å²) in [5.74, 6) is -0.138. The first-order valence-electron chi connectivity index (χ1n) is 9.39. The maximum Gasteiger partial charge on any atom is 0.345 e. The van der Waals surface area contributed by atoms with Crippen LogP contribution in [0.25, 0.3) is 0 Å². The molecule has 2 aromatic rings. The minimum Gasteiger partial charge on any atom is -0.335 e. The molecule has 148 valence electrons. The molecule has 1 saturated heterocycles. The molecule has 1 aliphatic heterocycles. The molecule has 9 nitrogen and oxygen atoms in total. The fraction of sp³-hybridized carbons (Fsp3) is 0.474. The number of carbonyl (C=O) groups is 2. The van der Waals surface area contributed by atoms with Crippen molar-refractivity contribution in [2.45, 2.75) is 26.7 Å². The Morgan fingerprint density at radius 2 is 1.75 bits per heavy atom. The van der Waals surface area contributed by atoms with E-state index in [9.17, 15) is 14.4 Å². The summed E-state index contributed by atoms with van der Waals surface area (Å²) in [5, 5.41) is 0. The fourth-order valence-electron chi connectivity index (χ4n) is 3.22. The van der Waals surface area contributed by atoms with Crippen LogP contribution in [0.3, 0.4) is 0 Å². The summed E-state index contributed by atoms with van der Waals surface area (Å²) in [6.45, 7) is 5.87. The smallest absolute Gasteiger partial charge is 0.335 e. The van der Waals surface area contributed by atoms with Crippen LogP contribution in [0, 0.1) is 5.92 Å². The van der Waals surface area contributed by atoms with Gasteiger partial charge in [-0.05, 0) is 24.8 Å². The number of hydrogen-bond acceptors (Lipinski definition) is 6. The van der Waals surface area contributed by atoms with E-state index >= 15 is 0 Å². The van der Waals surface area contributed by atoms with Gasteiger partial charge in [-0.25, -0.2) is 9.78 Å². The molecule has 2 aromatic heterocycles. The zero-order valence-corrected chi connectivity index (χ0v) is 16.1. The molecular weight excluding hydrogens is 360 g/mol. The Bertz CT molecular complexity index is 896. The molecule has 28 heavy (non-hydrogen) atoms. The number of H-pyrrole nitrogens is 1. The second-order valence-corrected chi connectivity index (χ2v) is 7.22. The van der Waals surface area contributed by atoms with Crippen molar-refractivity contribution in [1.82, 2.24) is 29.7 Å². The zero-order valence-electron chi connectivity index (χ0n) is 16.1. The molecule has 0 radical (unpaired) electrons. The Hall–Kier alpha value is -3.10. The molecule has 0 aromatic carbocycles. The maximum absolute atomic E-state index is 12.9. The quantitative estimate of drug-likeness (QED) is 0.832. The highest BCUT2D eigenvalue weighted by atomic mass is 16.2. The van der Waals surface area contributed by atoms with Crippen molar-refractivity contribution < 1.29 is 9.59 Å². The number of carbonyl (C=O) groups excluding carboxylic acids is 2. The first-order valence-corrected chi connectivity index (χ1v) is 9.39. The topological polar surface area (TPSA) is 112 Å². The van der Waals surface area contributed by atoms with Crippen LogP contribution in [0.2, 0.25) is 0 Å². The fourth-order valence-corrected chi connectivity index (χ4v) is 3.22. The number of rotatable bonds is 4. The van der Waals surface area contributed by atoms with Gasteiger partial charge >= 0.3 is 5.69 Å². The lowest BCUT2D eigenvalue weighted by molar-refractivity contribution is 0.0712. The van der Waals surface area contributed by atoms with Crippen LogP contribution in [0.5, 0.6) is 0 Å². The van der Waals surface area contributed by atoms with Crippen LogP contribution >= 0.6 is 0 Å². The monoisotopic (exact) mass is 384 g/mol. The van der Waals surface area contributed by atoms with Crippen molar-refractivity contribution in [3.63, 3.8) is 0 Å². The maximum atomic E-state index is 12.9. The lowest BCUT2D eigenvalue weighted by atomic mass is 10.1. The summed E-state index contributed by atoms with van der Waals surface area (Å²) in [5.41, 5.74) is 0.619. The SMILES string of the molecule is CC(C)Cc1cc(C(=O)N2CCCN(C(=O)c3cnccn3)CC2)nc(=O)[nH]1. The van der Waals surface area contributed by atoms with Gasteiger partial charge in [-0.3, -0.25) is 14.6 Å². The summed E-state index contributed by atoms with van der Waals surface area (Å²) in [7, 11) is 0. The van der Waals surface area contributed by atoms with Crippen LogP contribution < -0.4 is 5.69 Å². The largest absolute Gasteiger partial charge is 0.345 e. The number of nitrogens with zero attached hydrogens (tertiary/aromatic N) is 5. The van der Waals surface area contributed by atoms with Crippen LogP contribution in [-0.2, 0) is 6.42 Å². The van der Waals surface area contributed by atoms with Gasteiger partial charge in [-0.2, -0.15) is 4.98 Å². The van der Waals surface area contributed by atoms with E-state index < -0.39 is 5.69 Å². The van der Waals surface area contributed by atoms with Gasteiger partial charge in [0.05, 0.1) is 6.20 Å². The highest BCUT2D eigenvalue weighted by Crippen LogP contribution is 2.11. The second-order valence-electron chi connectivity index (χ2n) is 7.22. The summed E-state index contributed by atoms with van der Waals surface area (Å²) in [4.78, 5) is 55.1. The molecule has 0 atom stereocenters. The molecule has 0 spiro atoms. The molecule has 0 saturated carbocycles. The Balaban J connectivity index is 1.70. The predicted octanol–water partition coefficient (Wildman–Crippen LogP) is 0.747. The number of aromatic amines is 1. The third-order valence-electron chi connectivity index (χ3n) is 4.50. The van der Waals surface area contributed by atoms with Gasteiger partial charge in [-0.15, -0.1) is 0 Å². The normalized spacial score (nSPS) is 14.8. The number of nitrogens with one attached hydrogen (secondary N) is 1. The summed E-state index contributed by atoms with van der Waals surface area (Å²) in [6, 6.07) is 1.65. The molecule has 3 heterocycles. The first-order chi connectivity index (χ1) is 13.4. The standard InChI is InChI=1S/C19H24N6O3/c1-13(2)10-14-11-15(23-19(28)22-14)17(26)24-6-3-7-25(9-8-24)18(27)16-12-20-4-5-21-16/h4-5,11-13H,3,6-10H2,1-2H3,(H,22,23,28). The van der Waals surface area contributed by atoms with Crippen LogP contribution in [0.4, 0.5) is 0 Å². The average Bonchev–Trinajstić information content (AvgIpc) is 2.92. The number of amides is 2. The van der Waals surface area contributed by atoms with Gasteiger partial charge in [0.25, 0.3) is 11.8 Å². The lowest BCUT2D eigenvalue weighted by Gasteiger charge is -2.21. The van der Waals surface area contributed by atoms with E-state index in [1.54, 1.807) is 15.9 Å². The van der Waals surface area contributed by atoms with Crippen molar-refractivity contribution in [2.75, 3.05) is 26.2 Å². The van der Waals surface area contributed by atoms with E-state index in [0.29, 0.717) is 50.6 Å². The lowest BCUT2D eigenvalue weighted by Crippen LogP contribution is -2.38. The molecule has 2 amide bonds. The molecule has 9 heteroatoms. The number of aromatic nitrogens is 4. The van der Waals surface area contributed by atoms with E-state index in [0.717, 1.165) is 0 Å². The molecule has 1 aliphatic rings. The number of hydrogen-bond donors (Lipinski definition) is 1. The van der Waals surface area contributed by atoms with Crippen LogP contribution in [-0.4, -0.2) is 67.7 Å². The van der Waals surface area contributed by atoms with E-state index in [-0.39, 0.29) is 23.2 Å². The van der Waals surface area contributed by atoms with E-state index in [1.165, 1.54) is 18.6 Å². The average molecular weight is 384 g/mol. The molecule has 1 fully saturated rings. The Labute approximate surface area is 162 Å². The molecule has 0 aliphatic carbocycles. The van der Waals surface area contributed by atoms with Gasteiger partial charge in [0.2, 0.25) is 0 Å². The highest BCUT2D eigenvalue weighted by molar-refractivity contribution is 5.93. The van der Waals surface area contributed by atoms with Gasteiger partial charge in [-0.1, -0.05) is 13.8 Å². The van der Waals surface area contributed by atoms with Crippen molar-refractivity contribution in [3.05, 3.63) is 52.2 Å². The van der Waals surface area contributed by atoms with Crippen molar-refractivity contribution in [3.8, 4) is 0 Å². The predicted molar refractivity (Wildman–Crippen MR) is 102 cm³/mol. The van der Waals surface area contributed by atoms with E-state index in [2.05, 4.69) is 19.9 Å². The third-order valence-corrected chi connectivity index (χ3v) is 4.50. The van der Waals surface area contributed by atoms with Crippen molar-refractivity contribution in [1.29, 1.82) is 0 Å². The second kappa shape index (κ2) is 8.73. The summed E-state index contributed by atoms with van der Waals surface area (Å²) >= 11 is 0. The Morgan fingerprint density at radius 1 is 1.07 bits per heavy atom. The molecule has 3 rings (SSSR count). The molecule has 1 N–H and O–H groups in total. The molecular formula is C19H24N6O3. The Kier molecular flexibility index (Phi) is 6.13. The van der Waals surface area contributed by atoms with Crippen LogP contribution in [0.15, 0.2) is 29.5 Å². The molecule has 0 unspecified atom stereocenters. The first kappa shape index (κ1) is 19.7. The third kappa shape index (κ3) is 4.79. The Morgan fingerprint density at radius 3 is 2.36 bits per heavy atom. The summed E-state index contributed by atoms with van der Waals surface area (Å²) < 4.78 is 0. The van der Waals surface area contributed by atoms with Crippen LogP contribution in [0.1, 0.15) is 46.9 Å². The molecule has 0 bridgehead atoms. The minimum atomic E-state index is -0.518. The van der Waals surface area contributed by atoms with Gasteiger partial charge < -0.3 is 14.8 Å². The van der Waals surface area contributed by atoms with Gasteiger partial charge in [0.15, 0.2) is 0 Å². The minimum absolute atomic E-state index is 0.146. The van der Waals surface area contributed by atoms with E-state index in [4.69, 9.17) is 0 Å². The zero-order chi connectivity index (χ0) is 20.1. The van der Waals surface area contributed by atoms with E-state index in [1.807, 2.05) is 13.8 Å². The van der Waals surface area contributed by atoms with Gasteiger partial charge in [0, 0.05) is 44.3 Å². The highest BCUT2D eigenvalue weighted by Gasteiger charge is 2.25. The van der Waals surface area contributed by atoms with Crippen molar-refractivity contribution >= 4 is 11.8 Å². The van der Waals surface area contributed by atoms with Gasteiger partial charge in [0.1, 0.15) is 11.4 Å². The van der Waals surface area contributed by atoms with Crippen molar-refractivity contribution in [2.24, 2.45) is 5.92 Å².